The van der Waals surface area contributed by atoms with Crippen LogP contribution in [0.1, 0.15) is 134 Å². The average molecular weight is 397 g/mol. The summed E-state index contributed by atoms with van der Waals surface area (Å²) in [7, 11) is 0. The molecule has 0 heterocycles. The van der Waals surface area contributed by atoms with E-state index < -0.39 is 0 Å². The summed E-state index contributed by atoms with van der Waals surface area (Å²) >= 11 is 0. The predicted octanol–water partition coefficient (Wildman–Crippen LogP) is 10.3. The Kier molecular flexibility index (Phi) is 19.2. The lowest BCUT2D eigenvalue weighted by atomic mass is 9.83. The maximum Gasteiger partial charge on any atom is -0.0389 e. The smallest absolute Gasteiger partial charge is 0.0389 e. The van der Waals surface area contributed by atoms with E-state index >= 15 is 0 Å². The fraction of sp³-hybridized carbons (Fsp3) is 1.00. The van der Waals surface area contributed by atoms with Crippen molar-refractivity contribution in [3.05, 3.63) is 0 Å². The Balaban J connectivity index is 0. The molecule has 0 aliphatic carbocycles. The van der Waals surface area contributed by atoms with Gasteiger partial charge in [0.25, 0.3) is 0 Å². The minimum absolute atomic E-state index is 0.861. The van der Waals surface area contributed by atoms with E-state index in [0.29, 0.717) is 0 Å². The van der Waals surface area contributed by atoms with E-state index in [1.165, 1.54) is 51.4 Å². The Hall–Kier alpha value is 0. The Labute approximate surface area is 182 Å². The van der Waals surface area contributed by atoms with Crippen molar-refractivity contribution in [3.8, 4) is 0 Å². The van der Waals surface area contributed by atoms with Crippen LogP contribution in [0, 0.1) is 47.3 Å². The summed E-state index contributed by atoms with van der Waals surface area (Å²) in [6.45, 7) is 28.2. The van der Waals surface area contributed by atoms with Gasteiger partial charge in [-0.15, -0.1) is 0 Å². The maximum atomic E-state index is 2.39. The van der Waals surface area contributed by atoms with Gasteiger partial charge in [-0.1, -0.05) is 115 Å². The van der Waals surface area contributed by atoms with Crippen LogP contribution in [0.2, 0.25) is 0 Å². The molecular formula is C28H60. The Morgan fingerprint density at radius 1 is 0.357 bits per heavy atom. The molecule has 28 heavy (non-hydrogen) atoms. The molecule has 0 aliphatic rings. The zero-order chi connectivity index (χ0) is 22.3. The van der Waals surface area contributed by atoms with E-state index in [9.17, 15) is 0 Å². The van der Waals surface area contributed by atoms with E-state index in [-0.39, 0.29) is 0 Å². The molecule has 0 amide bonds. The third-order valence-corrected chi connectivity index (χ3v) is 6.25. The zero-order valence-corrected chi connectivity index (χ0v) is 22.3. The van der Waals surface area contributed by atoms with Crippen LogP contribution in [0.15, 0.2) is 0 Å². The number of hydrogen-bond donors (Lipinski definition) is 0. The average Bonchev–Trinajstić information content (AvgIpc) is 2.53. The molecule has 2 unspecified atom stereocenters. The summed E-state index contributed by atoms with van der Waals surface area (Å²) in [6, 6.07) is 0. The van der Waals surface area contributed by atoms with Crippen LogP contribution < -0.4 is 0 Å². The van der Waals surface area contributed by atoms with Crippen molar-refractivity contribution in [2.75, 3.05) is 0 Å². The lowest BCUT2D eigenvalue weighted by Crippen LogP contribution is -2.12. The van der Waals surface area contributed by atoms with Gasteiger partial charge in [0.2, 0.25) is 0 Å². The van der Waals surface area contributed by atoms with Gasteiger partial charge in [0.15, 0.2) is 0 Å². The highest BCUT2D eigenvalue weighted by Crippen LogP contribution is 2.27. The number of rotatable bonds is 14. The minimum Gasteiger partial charge on any atom is -0.0628 e. The van der Waals surface area contributed by atoms with Crippen LogP contribution in [-0.2, 0) is 0 Å². The van der Waals surface area contributed by atoms with Gasteiger partial charge in [-0.05, 0) is 66.6 Å². The summed E-state index contributed by atoms with van der Waals surface area (Å²) < 4.78 is 0. The fourth-order valence-corrected chi connectivity index (χ4v) is 4.02. The molecule has 0 nitrogen and oxygen atoms in total. The second-order valence-electron chi connectivity index (χ2n) is 11.9. The molecule has 172 valence electrons. The molecule has 0 rings (SSSR count). The third-order valence-electron chi connectivity index (χ3n) is 6.25. The highest BCUT2D eigenvalue weighted by Gasteiger charge is 2.15. The largest absolute Gasteiger partial charge is 0.0628 e. The van der Waals surface area contributed by atoms with E-state index in [1.807, 2.05) is 0 Å². The second kappa shape index (κ2) is 17.8. The maximum absolute atomic E-state index is 2.39. The normalized spacial score (nSPS) is 14.4. The Morgan fingerprint density at radius 2 is 0.750 bits per heavy atom. The van der Waals surface area contributed by atoms with Crippen molar-refractivity contribution in [1.82, 2.24) is 0 Å². The van der Waals surface area contributed by atoms with E-state index in [0.717, 1.165) is 47.3 Å². The molecule has 0 heteroatoms. The Morgan fingerprint density at radius 3 is 1.07 bits per heavy atom. The summed E-state index contributed by atoms with van der Waals surface area (Å²) in [5.41, 5.74) is 0. The van der Waals surface area contributed by atoms with Crippen molar-refractivity contribution in [3.63, 3.8) is 0 Å². The van der Waals surface area contributed by atoms with Gasteiger partial charge in [-0.25, -0.2) is 0 Å². The van der Waals surface area contributed by atoms with Gasteiger partial charge < -0.3 is 0 Å². The molecule has 0 aromatic carbocycles. The van der Waals surface area contributed by atoms with Crippen LogP contribution >= 0.6 is 0 Å². The lowest BCUT2D eigenvalue weighted by molar-refractivity contribution is 0.280. The van der Waals surface area contributed by atoms with Crippen LogP contribution in [0.5, 0.6) is 0 Å². The molecule has 0 aromatic rings. The van der Waals surface area contributed by atoms with Crippen LogP contribution in [0.3, 0.4) is 0 Å². The highest BCUT2D eigenvalue weighted by molar-refractivity contribution is 4.66. The third kappa shape index (κ3) is 20.7. The fourth-order valence-electron chi connectivity index (χ4n) is 4.02. The molecule has 0 fully saturated rings. The first-order chi connectivity index (χ1) is 12.9. The van der Waals surface area contributed by atoms with Crippen molar-refractivity contribution < 1.29 is 0 Å². The van der Waals surface area contributed by atoms with E-state index in [4.69, 9.17) is 0 Å². The number of hydrogen-bond acceptors (Lipinski definition) is 0. The minimum atomic E-state index is 0.861. The van der Waals surface area contributed by atoms with E-state index in [1.54, 1.807) is 0 Å². The molecular weight excluding hydrogens is 336 g/mol. The zero-order valence-electron chi connectivity index (χ0n) is 22.3. The quantitative estimate of drug-likeness (QED) is 0.274. The first-order valence-electron chi connectivity index (χ1n) is 12.9. The SMILES string of the molecule is CC(C)CCC(CC(C)C)C(C)C.CC(C)CCCC(CCC(C)C)C(C)C. The summed E-state index contributed by atoms with van der Waals surface area (Å²) in [5, 5.41) is 0. The van der Waals surface area contributed by atoms with Crippen molar-refractivity contribution in [1.29, 1.82) is 0 Å². The van der Waals surface area contributed by atoms with Crippen molar-refractivity contribution >= 4 is 0 Å². The van der Waals surface area contributed by atoms with Gasteiger partial charge in [0, 0.05) is 0 Å². The molecule has 0 spiro atoms. The molecule has 0 aliphatic heterocycles. The Bertz CT molecular complexity index is 308. The van der Waals surface area contributed by atoms with Crippen LogP contribution in [0.4, 0.5) is 0 Å². The summed E-state index contributed by atoms with van der Waals surface area (Å²) in [6.07, 6.45) is 11.4. The van der Waals surface area contributed by atoms with Crippen molar-refractivity contribution in [2.24, 2.45) is 47.3 Å². The summed E-state index contributed by atoms with van der Waals surface area (Å²) in [4.78, 5) is 0. The lowest BCUT2D eigenvalue weighted by Gasteiger charge is -2.23. The molecule has 0 bridgehead atoms. The highest BCUT2D eigenvalue weighted by atomic mass is 14.2. The standard InChI is InChI=1S/C15H32.C13H28/c1-12(2)8-7-9-15(14(5)6)11-10-13(3)4;1-10(2)7-8-13(12(5)6)9-11(3)4/h12-15H,7-11H2,1-6H3;10-13H,7-9H2,1-6H3. The van der Waals surface area contributed by atoms with Gasteiger partial charge in [0.1, 0.15) is 0 Å². The predicted molar refractivity (Wildman–Crippen MR) is 133 cm³/mol. The van der Waals surface area contributed by atoms with Crippen LogP contribution in [0.25, 0.3) is 0 Å². The molecule has 0 saturated carbocycles. The van der Waals surface area contributed by atoms with Gasteiger partial charge in [0.05, 0.1) is 0 Å². The topological polar surface area (TPSA) is 0 Å². The monoisotopic (exact) mass is 396 g/mol. The first-order valence-corrected chi connectivity index (χ1v) is 12.9. The molecule has 0 N–H and O–H groups in total. The molecule has 0 aromatic heterocycles. The molecule has 2 atom stereocenters. The van der Waals surface area contributed by atoms with Crippen LogP contribution in [-0.4, -0.2) is 0 Å². The van der Waals surface area contributed by atoms with Gasteiger partial charge >= 0.3 is 0 Å². The molecule has 0 saturated heterocycles. The van der Waals surface area contributed by atoms with Gasteiger partial charge in [-0.2, -0.15) is 0 Å². The first kappa shape index (κ1) is 30.2. The second-order valence-corrected chi connectivity index (χ2v) is 11.9. The van der Waals surface area contributed by atoms with E-state index in [2.05, 4.69) is 83.1 Å². The van der Waals surface area contributed by atoms with Gasteiger partial charge in [-0.3, -0.25) is 0 Å². The molecule has 0 radical (unpaired) electrons. The van der Waals surface area contributed by atoms with Crippen molar-refractivity contribution in [2.45, 2.75) is 134 Å². The summed E-state index contributed by atoms with van der Waals surface area (Å²) in [5.74, 6) is 7.12.